The molecule has 1 saturated heterocycles. The number of cyclic esters (lactones) is 1. The van der Waals surface area contributed by atoms with Crippen molar-refractivity contribution in [3.8, 4) is 0 Å². The number of aromatic nitrogens is 2. The topological polar surface area (TPSA) is 116 Å². The molecule has 172 valence electrons. The number of aromatic amines is 1. The maximum Gasteiger partial charge on any atom is 0.329 e. The smallest absolute Gasteiger partial charge is 0.329 e. The van der Waals surface area contributed by atoms with Gasteiger partial charge in [0.25, 0.3) is 11.8 Å². The summed E-state index contributed by atoms with van der Waals surface area (Å²) in [6.07, 6.45) is 0.809. The van der Waals surface area contributed by atoms with Crippen molar-refractivity contribution >= 4 is 40.0 Å². The number of likely N-dealkylation sites (N-methyl/N-ethyl adjacent to an activating group) is 1. The minimum atomic E-state index is -0.827. The first-order chi connectivity index (χ1) is 15.9. The number of ether oxygens (including phenoxy) is 1. The zero-order valence-electron chi connectivity index (χ0n) is 18.4. The normalized spacial score (nSPS) is 20.5. The number of hydrogen-bond acceptors (Lipinski definition) is 7. The van der Waals surface area contributed by atoms with E-state index in [0.29, 0.717) is 10.7 Å². The Morgan fingerprint density at radius 1 is 1.30 bits per heavy atom. The van der Waals surface area contributed by atoms with Gasteiger partial charge in [-0.2, -0.15) is 0 Å². The van der Waals surface area contributed by atoms with E-state index in [1.165, 1.54) is 11.3 Å². The molecule has 1 fully saturated rings. The summed E-state index contributed by atoms with van der Waals surface area (Å²) in [5.74, 6) is -1.52. The molecule has 4 heterocycles. The monoisotopic (exact) mass is 467 g/mol. The molecule has 0 spiro atoms. The van der Waals surface area contributed by atoms with Crippen molar-refractivity contribution in [2.45, 2.75) is 25.9 Å². The molecule has 3 aromatic rings. The lowest BCUT2D eigenvalue weighted by atomic mass is 10.0. The molecule has 0 radical (unpaired) electrons. The van der Waals surface area contributed by atoms with E-state index in [1.54, 1.807) is 6.07 Å². The lowest BCUT2D eigenvalue weighted by molar-refractivity contribution is -0.139. The van der Waals surface area contributed by atoms with Crippen LogP contribution in [-0.4, -0.2) is 65.4 Å². The molecule has 0 bridgehead atoms. The fraction of sp³-hybridized carbons (Fsp3) is 0.391. The number of nitrogens with one attached hydrogen (secondary N) is 3. The predicted molar refractivity (Wildman–Crippen MR) is 123 cm³/mol. The number of aryl methyl sites for hydroxylation is 1. The Hall–Kier alpha value is -3.24. The van der Waals surface area contributed by atoms with Crippen molar-refractivity contribution in [2.75, 3.05) is 26.7 Å². The maximum absolute atomic E-state index is 12.8. The highest BCUT2D eigenvalue weighted by Crippen LogP contribution is 2.25. The maximum atomic E-state index is 12.8. The van der Waals surface area contributed by atoms with Gasteiger partial charge in [-0.3, -0.25) is 9.59 Å². The van der Waals surface area contributed by atoms with Gasteiger partial charge in [-0.05, 0) is 32.2 Å². The highest BCUT2D eigenvalue weighted by molar-refractivity contribution is 7.13. The number of carbonyl (C=O) groups excluding carboxylic acids is 3. The van der Waals surface area contributed by atoms with Crippen molar-refractivity contribution in [3.63, 3.8) is 0 Å². The average Bonchev–Trinajstić information content (AvgIpc) is 3.49. The quantitative estimate of drug-likeness (QED) is 0.491. The summed E-state index contributed by atoms with van der Waals surface area (Å²) in [5, 5.41) is 6.93. The van der Waals surface area contributed by atoms with E-state index in [-0.39, 0.29) is 30.9 Å². The number of rotatable bonds is 5. The van der Waals surface area contributed by atoms with Gasteiger partial charge in [0.2, 0.25) is 0 Å². The van der Waals surface area contributed by atoms with Crippen molar-refractivity contribution in [1.82, 2.24) is 25.5 Å². The molecule has 1 aromatic carbocycles. The molecule has 2 aromatic heterocycles. The molecule has 0 aliphatic carbocycles. The molecule has 9 nitrogen and oxygen atoms in total. The van der Waals surface area contributed by atoms with E-state index in [0.717, 1.165) is 46.5 Å². The summed E-state index contributed by atoms with van der Waals surface area (Å²) in [6, 6.07) is 6.89. The highest BCUT2D eigenvalue weighted by atomic mass is 32.1. The molecule has 2 aliphatic heterocycles. The Kier molecular flexibility index (Phi) is 5.63. The SMILES string of the molecule is Cc1ccc2[nH]c(C(=O)NC[C@@H]3COC(=O)[C@H]3NC(=O)c3nc4c(s3)CN(C)CC4)cc2c1. The van der Waals surface area contributed by atoms with E-state index in [4.69, 9.17) is 4.74 Å². The summed E-state index contributed by atoms with van der Waals surface area (Å²) in [7, 11) is 2.03. The standard InChI is InChI=1S/C23H25N5O4S/c1-12-3-4-15-13(7-12)8-17(25-15)20(29)24-9-14-11-32-23(31)19(14)27-21(30)22-26-16-5-6-28(2)10-18(16)33-22/h3-4,7-8,14,19,25H,5-6,9-11H2,1-2H3,(H,24,29)(H,27,30)/t14-,19+/m1/s1. The Labute approximate surface area is 194 Å². The summed E-state index contributed by atoms with van der Waals surface area (Å²) >= 11 is 1.36. The first-order valence-corrected chi connectivity index (χ1v) is 11.7. The lowest BCUT2D eigenvalue weighted by Gasteiger charge is -2.20. The van der Waals surface area contributed by atoms with Crippen molar-refractivity contribution in [2.24, 2.45) is 5.92 Å². The summed E-state index contributed by atoms with van der Waals surface area (Å²) in [6.45, 7) is 4.01. The second-order valence-electron chi connectivity index (χ2n) is 8.70. The Bertz CT molecular complexity index is 1250. The van der Waals surface area contributed by atoms with Gasteiger partial charge in [-0.25, -0.2) is 9.78 Å². The fourth-order valence-corrected chi connectivity index (χ4v) is 5.33. The number of H-pyrrole nitrogens is 1. The molecule has 3 N–H and O–H groups in total. The minimum Gasteiger partial charge on any atom is -0.464 e. The summed E-state index contributed by atoms with van der Waals surface area (Å²) in [5.41, 5.74) is 3.39. The van der Waals surface area contributed by atoms with Crippen LogP contribution in [0.15, 0.2) is 24.3 Å². The van der Waals surface area contributed by atoms with Gasteiger partial charge < -0.3 is 25.3 Å². The van der Waals surface area contributed by atoms with E-state index >= 15 is 0 Å². The molecular formula is C23H25N5O4S. The number of esters is 1. The zero-order chi connectivity index (χ0) is 23.1. The fourth-order valence-electron chi connectivity index (χ4n) is 4.24. The molecule has 0 unspecified atom stereocenters. The van der Waals surface area contributed by atoms with Crippen molar-refractivity contribution < 1.29 is 19.1 Å². The van der Waals surface area contributed by atoms with Crippen LogP contribution in [0.1, 0.15) is 36.4 Å². The number of benzene rings is 1. The number of amides is 2. The largest absolute Gasteiger partial charge is 0.464 e. The number of thiazole rings is 1. The van der Waals surface area contributed by atoms with Gasteiger partial charge in [-0.15, -0.1) is 11.3 Å². The van der Waals surface area contributed by atoms with E-state index in [2.05, 4.69) is 25.5 Å². The van der Waals surface area contributed by atoms with Crippen LogP contribution in [0.4, 0.5) is 0 Å². The summed E-state index contributed by atoms with van der Waals surface area (Å²) < 4.78 is 5.17. The Balaban J connectivity index is 1.22. The third kappa shape index (κ3) is 4.36. The predicted octanol–water partition coefficient (Wildman–Crippen LogP) is 1.62. The number of nitrogens with zero attached hydrogens (tertiary/aromatic N) is 2. The molecule has 10 heteroatoms. The molecule has 33 heavy (non-hydrogen) atoms. The van der Waals surface area contributed by atoms with Crippen molar-refractivity contribution in [1.29, 1.82) is 0 Å². The second kappa shape index (κ2) is 8.60. The third-order valence-electron chi connectivity index (χ3n) is 6.11. The van der Waals surface area contributed by atoms with Crippen LogP contribution in [0.2, 0.25) is 0 Å². The van der Waals surface area contributed by atoms with Gasteiger partial charge in [-0.1, -0.05) is 11.6 Å². The second-order valence-corrected chi connectivity index (χ2v) is 9.79. The van der Waals surface area contributed by atoms with Gasteiger partial charge in [0.1, 0.15) is 11.7 Å². The van der Waals surface area contributed by atoms with E-state index < -0.39 is 12.0 Å². The average molecular weight is 468 g/mol. The Morgan fingerprint density at radius 2 is 2.15 bits per heavy atom. The van der Waals surface area contributed by atoms with E-state index in [9.17, 15) is 14.4 Å². The molecule has 0 saturated carbocycles. The Morgan fingerprint density at radius 3 is 3.00 bits per heavy atom. The summed E-state index contributed by atoms with van der Waals surface area (Å²) in [4.78, 5) is 48.6. The van der Waals surface area contributed by atoms with Crippen LogP contribution in [-0.2, 0) is 22.5 Å². The highest BCUT2D eigenvalue weighted by Gasteiger charge is 2.39. The number of carbonyl (C=O) groups is 3. The molecular weight excluding hydrogens is 442 g/mol. The van der Waals surface area contributed by atoms with Crippen LogP contribution < -0.4 is 10.6 Å². The van der Waals surface area contributed by atoms with Crippen LogP contribution in [0, 0.1) is 12.8 Å². The van der Waals surface area contributed by atoms with Crippen LogP contribution in [0.5, 0.6) is 0 Å². The van der Waals surface area contributed by atoms with Crippen LogP contribution in [0.25, 0.3) is 10.9 Å². The zero-order valence-corrected chi connectivity index (χ0v) is 19.3. The number of fused-ring (bicyclic) bond motifs is 2. The minimum absolute atomic E-state index is 0.134. The van der Waals surface area contributed by atoms with Gasteiger partial charge in [0, 0.05) is 47.8 Å². The third-order valence-corrected chi connectivity index (χ3v) is 7.19. The first kappa shape index (κ1) is 21.6. The van der Waals surface area contributed by atoms with Crippen LogP contribution in [0.3, 0.4) is 0 Å². The lowest BCUT2D eigenvalue weighted by Crippen LogP contribution is -2.46. The molecule has 2 amide bonds. The van der Waals surface area contributed by atoms with Gasteiger partial charge >= 0.3 is 5.97 Å². The van der Waals surface area contributed by atoms with Crippen molar-refractivity contribution in [3.05, 3.63) is 51.1 Å². The van der Waals surface area contributed by atoms with E-state index in [1.807, 2.05) is 32.2 Å². The number of hydrogen-bond donors (Lipinski definition) is 3. The van der Waals surface area contributed by atoms with Crippen LogP contribution >= 0.6 is 11.3 Å². The van der Waals surface area contributed by atoms with Gasteiger partial charge in [0.05, 0.1) is 12.3 Å². The molecule has 5 rings (SSSR count). The van der Waals surface area contributed by atoms with Gasteiger partial charge in [0.15, 0.2) is 5.01 Å². The molecule has 2 aliphatic rings. The molecule has 2 atom stereocenters. The first-order valence-electron chi connectivity index (χ1n) is 10.9.